The number of anilines is 1. The lowest BCUT2D eigenvalue weighted by molar-refractivity contribution is 0.582. The molecule has 0 spiro atoms. The Kier molecular flexibility index (Phi) is 4.97. The Bertz CT molecular complexity index is 750. The summed E-state index contributed by atoms with van der Waals surface area (Å²) >= 11 is 3.22. The van der Waals surface area contributed by atoms with Crippen molar-refractivity contribution in [2.45, 2.75) is 11.3 Å². The molecule has 2 aromatic rings. The second kappa shape index (κ2) is 6.55. The van der Waals surface area contributed by atoms with Crippen molar-refractivity contribution < 1.29 is 12.8 Å². The molecule has 0 radical (unpaired) electrons. The van der Waals surface area contributed by atoms with Crippen molar-refractivity contribution >= 4 is 31.6 Å². The maximum absolute atomic E-state index is 13.0. The van der Waals surface area contributed by atoms with E-state index in [1.165, 1.54) is 24.3 Å². The van der Waals surface area contributed by atoms with Gasteiger partial charge in [-0.25, -0.2) is 17.5 Å². The number of nitrogens with two attached hydrogens (primary N) is 1. The van der Waals surface area contributed by atoms with E-state index in [9.17, 15) is 12.8 Å². The van der Waals surface area contributed by atoms with Gasteiger partial charge in [0.25, 0.3) is 0 Å². The van der Waals surface area contributed by atoms with Crippen LogP contribution >= 0.6 is 15.9 Å². The summed E-state index contributed by atoms with van der Waals surface area (Å²) in [6, 6.07) is 10.6. The van der Waals surface area contributed by atoms with Crippen molar-refractivity contribution in [3.8, 4) is 0 Å². The molecule has 0 amide bonds. The molecule has 0 aromatic heterocycles. The first kappa shape index (κ1) is 15.9. The molecule has 4 nitrogen and oxygen atoms in total. The van der Waals surface area contributed by atoms with Crippen LogP contribution in [0.3, 0.4) is 0 Å². The molecular weight excluding hydrogens is 359 g/mol. The number of hydrogen-bond donors (Lipinski definition) is 2. The Hall–Kier alpha value is -1.44. The molecule has 0 fully saturated rings. The zero-order chi connectivity index (χ0) is 15.5. The maximum Gasteiger partial charge on any atom is 0.242 e. The van der Waals surface area contributed by atoms with Crippen LogP contribution in [0.5, 0.6) is 0 Å². The molecule has 2 rings (SSSR count). The summed E-state index contributed by atoms with van der Waals surface area (Å²) in [4.78, 5) is 0.0324. The fourth-order valence-electron chi connectivity index (χ4n) is 1.86. The molecule has 112 valence electrons. The van der Waals surface area contributed by atoms with E-state index < -0.39 is 10.0 Å². The Morgan fingerprint density at radius 1 is 1.19 bits per heavy atom. The topological polar surface area (TPSA) is 72.2 Å². The molecule has 0 aliphatic carbocycles. The zero-order valence-corrected chi connectivity index (χ0v) is 13.4. The third-order valence-corrected chi connectivity index (χ3v) is 4.88. The molecule has 21 heavy (non-hydrogen) atoms. The molecular formula is C14H14BrFN2O2S. The number of nitrogen functional groups attached to an aromatic ring is 1. The van der Waals surface area contributed by atoms with E-state index >= 15 is 0 Å². The third-order valence-electron chi connectivity index (χ3n) is 2.86. The van der Waals surface area contributed by atoms with Gasteiger partial charge in [0, 0.05) is 11.0 Å². The number of sulfonamides is 1. The lowest BCUT2D eigenvalue weighted by Crippen LogP contribution is -2.26. The summed E-state index contributed by atoms with van der Waals surface area (Å²) in [5, 5.41) is 0. The molecule has 7 heteroatoms. The fraction of sp³-hybridized carbons (Fsp3) is 0.143. The SMILES string of the molecule is Nc1cc(Br)ccc1S(=O)(=O)NCCc1cccc(F)c1. The molecule has 0 atom stereocenters. The molecule has 0 bridgehead atoms. The first-order valence-electron chi connectivity index (χ1n) is 6.17. The highest BCUT2D eigenvalue weighted by atomic mass is 79.9. The first-order chi connectivity index (χ1) is 9.88. The lowest BCUT2D eigenvalue weighted by atomic mass is 10.1. The quantitative estimate of drug-likeness (QED) is 0.792. The fourth-order valence-corrected chi connectivity index (χ4v) is 3.39. The second-order valence-electron chi connectivity index (χ2n) is 4.46. The molecule has 0 saturated carbocycles. The van der Waals surface area contributed by atoms with Crippen LogP contribution in [-0.2, 0) is 16.4 Å². The van der Waals surface area contributed by atoms with E-state index in [2.05, 4.69) is 20.7 Å². The van der Waals surface area contributed by atoms with Crippen LogP contribution in [0.2, 0.25) is 0 Å². The van der Waals surface area contributed by atoms with Gasteiger partial charge in [-0.15, -0.1) is 0 Å². The van der Waals surface area contributed by atoms with Crippen LogP contribution in [0.1, 0.15) is 5.56 Å². The lowest BCUT2D eigenvalue weighted by Gasteiger charge is -2.09. The molecule has 2 aromatic carbocycles. The maximum atomic E-state index is 13.0. The van der Waals surface area contributed by atoms with Gasteiger partial charge in [0.1, 0.15) is 10.7 Å². The van der Waals surface area contributed by atoms with Crippen LogP contribution < -0.4 is 10.5 Å². The van der Waals surface area contributed by atoms with Crippen molar-refractivity contribution in [1.82, 2.24) is 4.72 Å². The van der Waals surface area contributed by atoms with Crippen molar-refractivity contribution in [2.75, 3.05) is 12.3 Å². The van der Waals surface area contributed by atoms with E-state index in [4.69, 9.17) is 5.73 Å². The van der Waals surface area contributed by atoms with Crippen LogP contribution in [0, 0.1) is 5.82 Å². The number of halogens is 2. The van der Waals surface area contributed by atoms with Crippen LogP contribution in [0.4, 0.5) is 10.1 Å². The van der Waals surface area contributed by atoms with E-state index in [0.717, 1.165) is 5.56 Å². The van der Waals surface area contributed by atoms with Crippen molar-refractivity contribution in [3.63, 3.8) is 0 Å². The second-order valence-corrected chi connectivity index (χ2v) is 7.11. The van der Waals surface area contributed by atoms with Crippen LogP contribution in [0.25, 0.3) is 0 Å². The van der Waals surface area contributed by atoms with Gasteiger partial charge in [-0.2, -0.15) is 0 Å². The van der Waals surface area contributed by atoms with Gasteiger partial charge in [-0.3, -0.25) is 0 Å². The molecule has 0 heterocycles. The van der Waals surface area contributed by atoms with Gasteiger partial charge in [-0.1, -0.05) is 28.1 Å². The Labute approximate surface area is 131 Å². The van der Waals surface area contributed by atoms with Gasteiger partial charge < -0.3 is 5.73 Å². The number of benzene rings is 2. The molecule has 3 N–H and O–H groups in total. The van der Waals surface area contributed by atoms with Crippen molar-refractivity contribution in [1.29, 1.82) is 0 Å². The highest BCUT2D eigenvalue weighted by molar-refractivity contribution is 9.10. The average Bonchev–Trinajstić information content (AvgIpc) is 2.38. The Balaban J connectivity index is 2.05. The summed E-state index contributed by atoms with van der Waals surface area (Å²) in [6.45, 7) is 0.168. The number of hydrogen-bond acceptors (Lipinski definition) is 3. The highest BCUT2D eigenvalue weighted by Crippen LogP contribution is 2.22. The minimum Gasteiger partial charge on any atom is -0.398 e. The minimum absolute atomic E-state index is 0.0324. The summed E-state index contributed by atoms with van der Waals surface area (Å²) in [5.74, 6) is -0.340. The predicted octanol–water partition coefficient (Wildman–Crippen LogP) is 2.69. The summed E-state index contributed by atoms with van der Waals surface area (Å²) in [7, 11) is -3.68. The zero-order valence-electron chi connectivity index (χ0n) is 11.0. The normalized spacial score (nSPS) is 11.5. The molecule has 0 unspecified atom stereocenters. The molecule has 0 saturated heterocycles. The smallest absolute Gasteiger partial charge is 0.242 e. The Morgan fingerprint density at radius 2 is 1.95 bits per heavy atom. The van der Waals surface area contributed by atoms with E-state index in [1.807, 2.05) is 0 Å². The highest BCUT2D eigenvalue weighted by Gasteiger charge is 2.16. The predicted molar refractivity (Wildman–Crippen MR) is 83.8 cm³/mol. The number of rotatable bonds is 5. The largest absolute Gasteiger partial charge is 0.398 e. The Morgan fingerprint density at radius 3 is 2.62 bits per heavy atom. The van der Waals surface area contributed by atoms with Gasteiger partial charge in [0.05, 0.1) is 5.69 Å². The summed E-state index contributed by atoms with van der Waals surface area (Å²) in [5.41, 5.74) is 6.60. The number of nitrogens with one attached hydrogen (secondary N) is 1. The first-order valence-corrected chi connectivity index (χ1v) is 8.45. The van der Waals surface area contributed by atoms with E-state index in [-0.39, 0.29) is 22.9 Å². The van der Waals surface area contributed by atoms with E-state index in [0.29, 0.717) is 10.9 Å². The minimum atomic E-state index is -3.68. The van der Waals surface area contributed by atoms with Crippen LogP contribution in [-0.4, -0.2) is 15.0 Å². The molecule has 0 aliphatic heterocycles. The van der Waals surface area contributed by atoms with Gasteiger partial charge in [0.15, 0.2) is 0 Å². The van der Waals surface area contributed by atoms with E-state index in [1.54, 1.807) is 18.2 Å². The monoisotopic (exact) mass is 372 g/mol. The van der Waals surface area contributed by atoms with Gasteiger partial charge in [0.2, 0.25) is 10.0 Å². The van der Waals surface area contributed by atoms with Crippen molar-refractivity contribution in [2.24, 2.45) is 0 Å². The average molecular weight is 373 g/mol. The standard InChI is InChI=1S/C14H14BrFN2O2S/c15-11-4-5-14(13(17)9-11)21(19,20)18-7-6-10-2-1-3-12(16)8-10/h1-5,8-9,18H,6-7,17H2. The van der Waals surface area contributed by atoms with Crippen molar-refractivity contribution in [3.05, 3.63) is 58.3 Å². The third kappa shape index (κ3) is 4.26. The summed E-state index contributed by atoms with van der Waals surface area (Å²) < 4.78 is 40.5. The molecule has 0 aliphatic rings. The van der Waals surface area contributed by atoms with Crippen LogP contribution in [0.15, 0.2) is 51.8 Å². The summed E-state index contributed by atoms with van der Waals surface area (Å²) in [6.07, 6.45) is 0.396. The van der Waals surface area contributed by atoms with Gasteiger partial charge >= 0.3 is 0 Å². The van der Waals surface area contributed by atoms with Gasteiger partial charge in [-0.05, 0) is 42.3 Å².